The number of hydrogen-bond acceptors (Lipinski definition) is 0. The van der Waals surface area contributed by atoms with E-state index in [0.29, 0.717) is 0 Å². The molecule has 5 heavy (non-hydrogen) atoms. The molecule has 0 amide bonds. The van der Waals surface area contributed by atoms with Gasteiger partial charge in [-0.3, -0.25) is 0 Å². The van der Waals surface area contributed by atoms with Crippen molar-refractivity contribution in [3.05, 3.63) is 0 Å². The number of halogens is 2. The molecule has 4 heteroatoms. The first kappa shape index (κ1) is 16.0. The van der Waals surface area contributed by atoms with Gasteiger partial charge in [-0.25, -0.2) is 0 Å². The van der Waals surface area contributed by atoms with Gasteiger partial charge in [0, 0.05) is 0 Å². The Labute approximate surface area is 63.2 Å². The summed E-state index contributed by atoms with van der Waals surface area (Å²) in [6.07, 6.45) is 0. The van der Waals surface area contributed by atoms with E-state index in [9.17, 15) is 0 Å². The Morgan fingerprint density at radius 3 is 1.20 bits per heavy atom. The molecule has 1 nitrogen and oxygen atoms in total. The molecule has 0 fully saturated rings. The van der Waals surface area contributed by atoms with Gasteiger partial charge < -0.3 is 5.48 Å². The first-order valence-electron chi connectivity index (χ1n) is 0.535. The first-order chi connectivity index (χ1) is 1.41. The van der Waals surface area contributed by atoms with Crippen LogP contribution in [-0.2, 0) is 0 Å². The Morgan fingerprint density at radius 2 is 1.20 bits per heavy atom. The average molecular weight is 127 g/mol. The van der Waals surface area contributed by atoms with Gasteiger partial charge in [0.25, 0.3) is 0 Å². The number of alkyl halides is 2. The molecule has 0 saturated heterocycles. The topological polar surface area (TPSA) is 31.5 Å². The van der Waals surface area contributed by atoms with Gasteiger partial charge in [-0.05, 0) is 0 Å². The van der Waals surface area contributed by atoms with Gasteiger partial charge in [0.2, 0.25) is 0 Å². The predicted molar refractivity (Wildman–Crippen MR) is 27.3 cm³/mol. The minimum atomic E-state index is 0. The fourth-order valence-electron chi connectivity index (χ4n) is 0. The molecule has 0 heterocycles. The Hall–Kier alpha value is 1.54. The second kappa shape index (κ2) is 17.7. The van der Waals surface area contributed by atoms with Crippen LogP contribution in [0.15, 0.2) is 0 Å². The fourth-order valence-corrected chi connectivity index (χ4v) is 0. The van der Waals surface area contributed by atoms with E-state index in [4.69, 9.17) is 23.2 Å². The monoisotopic (exact) mass is 126 g/mol. The molecule has 0 radical (unpaired) electrons. The van der Waals surface area contributed by atoms with Crippen molar-refractivity contribution >= 4 is 52.8 Å². The van der Waals surface area contributed by atoms with E-state index in [2.05, 4.69) is 0 Å². The quantitative estimate of drug-likeness (QED) is 0.322. The van der Waals surface area contributed by atoms with E-state index >= 15 is 0 Å². The summed E-state index contributed by atoms with van der Waals surface area (Å²) in [5.41, 5.74) is 0. The standard InChI is InChI=1S/CH2Cl2.Na.H2O.H/c2-1-3;;;/h1H2;;1H2;. The van der Waals surface area contributed by atoms with E-state index in [-0.39, 0.29) is 40.4 Å². The van der Waals surface area contributed by atoms with Crippen molar-refractivity contribution in [2.75, 3.05) is 5.34 Å². The van der Waals surface area contributed by atoms with Crippen molar-refractivity contribution in [2.45, 2.75) is 0 Å². The third-order valence-corrected chi connectivity index (χ3v) is 0. The summed E-state index contributed by atoms with van der Waals surface area (Å²) in [6, 6.07) is 0. The van der Waals surface area contributed by atoms with Crippen molar-refractivity contribution in [2.24, 2.45) is 0 Å². The van der Waals surface area contributed by atoms with Gasteiger partial charge in [0.1, 0.15) is 0 Å². The van der Waals surface area contributed by atoms with Gasteiger partial charge >= 0.3 is 29.6 Å². The zero-order chi connectivity index (χ0) is 2.71. The van der Waals surface area contributed by atoms with Gasteiger partial charge in [-0.2, -0.15) is 0 Å². The van der Waals surface area contributed by atoms with Crippen LogP contribution in [0.5, 0.6) is 0 Å². The van der Waals surface area contributed by atoms with E-state index in [1.807, 2.05) is 0 Å². The second-order valence-corrected chi connectivity index (χ2v) is 0.909. The summed E-state index contributed by atoms with van der Waals surface area (Å²) < 4.78 is 0. The van der Waals surface area contributed by atoms with Gasteiger partial charge in [-0.1, -0.05) is 0 Å². The maximum atomic E-state index is 4.76. The van der Waals surface area contributed by atoms with Crippen LogP contribution >= 0.6 is 23.2 Å². The van der Waals surface area contributed by atoms with Crippen LogP contribution in [0.3, 0.4) is 0 Å². The van der Waals surface area contributed by atoms with Gasteiger partial charge in [0.05, 0.1) is 5.34 Å². The summed E-state index contributed by atoms with van der Waals surface area (Å²) >= 11 is 9.53. The molecule has 0 aliphatic heterocycles. The van der Waals surface area contributed by atoms with Crippen LogP contribution in [0.2, 0.25) is 0 Å². The molecule has 0 aromatic rings. The SMILES string of the molecule is ClCCl.O.[NaH]. The second-order valence-electron chi connectivity index (χ2n) is 0.101. The van der Waals surface area contributed by atoms with Crippen LogP contribution in [0, 0.1) is 0 Å². The Bertz CT molecular complexity index is 9.61. The van der Waals surface area contributed by atoms with E-state index < -0.39 is 0 Å². The Morgan fingerprint density at radius 1 is 1.20 bits per heavy atom. The third-order valence-electron chi connectivity index (χ3n) is 0. The van der Waals surface area contributed by atoms with Crippen molar-refractivity contribution in [3.8, 4) is 0 Å². The molecule has 0 aromatic carbocycles. The van der Waals surface area contributed by atoms with Crippen LogP contribution in [0.1, 0.15) is 0 Å². The molecule has 0 saturated carbocycles. The molecule has 0 unspecified atom stereocenters. The molecule has 0 spiro atoms. The summed E-state index contributed by atoms with van der Waals surface area (Å²) in [7, 11) is 0. The van der Waals surface area contributed by atoms with E-state index in [0.717, 1.165) is 0 Å². The van der Waals surface area contributed by atoms with Crippen LogP contribution < -0.4 is 0 Å². The number of hydrogen-bond donors (Lipinski definition) is 0. The van der Waals surface area contributed by atoms with Crippen LogP contribution in [0.4, 0.5) is 0 Å². The Balaban J connectivity index is -0.0000000200. The van der Waals surface area contributed by atoms with Gasteiger partial charge in [0.15, 0.2) is 0 Å². The van der Waals surface area contributed by atoms with Crippen LogP contribution in [-0.4, -0.2) is 40.4 Å². The molecule has 0 bridgehead atoms. The molecule has 0 aromatic heterocycles. The number of rotatable bonds is 0. The molecule has 30 valence electrons. The van der Waals surface area contributed by atoms with Crippen molar-refractivity contribution in [1.82, 2.24) is 0 Å². The van der Waals surface area contributed by atoms with E-state index in [1.54, 1.807) is 0 Å². The normalized spacial score (nSPS) is 3.60. The maximum absolute atomic E-state index is 4.76. The molecular formula is CH5Cl2NaO. The molecule has 0 aliphatic carbocycles. The Kier molecular flexibility index (Phi) is 56.7. The summed E-state index contributed by atoms with van der Waals surface area (Å²) in [4.78, 5) is 0. The minimum absolute atomic E-state index is 0. The molecular weight excluding hydrogens is 122 g/mol. The van der Waals surface area contributed by atoms with E-state index in [1.165, 1.54) is 0 Å². The summed E-state index contributed by atoms with van der Waals surface area (Å²) in [5.74, 6) is 0. The third kappa shape index (κ3) is 29.3. The first-order valence-corrected chi connectivity index (χ1v) is 1.60. The zero-order valence-electron chi connectivity index (χ0n) is 1.96. The van der Waals surface area contributed by atoms with Crippen LogP contribution in [0.25, 0.3) is 0 Å². The zero-order valence-corrected chi connectivity index (χ0v) is 3.47. The molecule has 0 atom stereocenters. The average Bonchev–Trinajstić information content (AvgIpc) is 0.918. The summed E-state index contributed by atoms with van der Waals surface area (Å²) in [6.45, 7) is 0. The molecule has 0 rings (SSSR count). The van der Waals surface area contributed by atoms with Crippen molar-refractivity contribution < 1.29 is 5.48 Å². The fraction of sp³-hybridized carbons (Fsp3) is 1.00. The summed E-state index contributed by atoms with van der Waals surface area (Å²) in [5, 5.41) is 0.194. The molecule has 0 aliphatic rings. The van der Waals surface area contributed by atoms with Crippen molar-refractivity contribution in [3.63, 3.8) is 0 Å². The van der Waals surface area contributed by atoms with Crippen molar-refractivity contribution in [1.29, 1.82) is 0 Å². The predicted octanol–water partition coefficient (Wildman–Crippen LogP) is -0.0517. The molecule has 2 N–H and O–H groups in total. The van der Waals surface area contributed by atoms with Gasteiger partial charge in [-0.15, -0.1) is 23.2 Å².